The van der Waals surface area contributed by atoms with Crippen LogP contribution >= 0.6 is 0 Å². The number of likely N-dealkylation sites (tertiary alicyclic amines) is 1. The summed E-state index contributed by atoms with van der Waals surface area (Å²) in [5, 5.41) is 10.6. The number of rotatable bonds is 5. The Hall–Kier alpha value is -2.17. The van der Waals surface area contributed by atoms with Gasteiger partial charge in [0.25, 0.3) is 0 Å². The Morgan fingerprint density at radius 1 is 0.968 bits per heavy atom. The summed E-state index contributed by atoms with van der Waals surface area (Å²) >= 11 is 0. The zero-order valence-corrected chi connectivity index (χ0v) is 18.6. The van der Waals surface area contributed by atoms with Crippen LogP contribution in [0.1, 0.15) is 61.1 Å². The lowest BCUT2D eigenvalue weighted by Crippen LogP contribution is -2.33. The van der Waals surface area contributed by atoms with Crippen LogP contribution < -0.4 is 4.90 Å². The van der Waals surface area contributed by atoms with E-state index in [1.54, 1.807) is 0 Å². The zero-order valence-electron chi connectivity index (χ0n) is 18.6. The summed E-state index contributed by atoms with van der Waals surface area (Å²) < 4.78 is 0. The molecular weight excluding hydrogens is 384 g/mol. The number of carbonyl (C=O) groups is 1. The monoisotopic (exact) mass is 418 g/mol. The van der Waals surface area contributed by atoms with Crippen molar-refractivity contribution in [2.45, 2.75) is 56.5 Å². The second kappa shape index (κ2) is 8.40. The van der Waals surface area contributed by atoms with Crippen LogP contribution in [0.4, 0.5) is 5.69 Å². The molecule has 2 heterocycles. The van der Waals surface area contributed by atoms with Gasteiger partial charge in [-0.3, -0.25) is 4.79 Å². The summed E-state index contributed by atoms with van der Waals surface area (Å²) in [6, 6.07) is 16.8. The number of carbonyl (C=O) groups excluding carboxylic acids is 1. The van der Waals surface area contributed by atoms with Gasteiger partial charge >= 0.3 is 0 Å². The molecule has 31 heavy (non-hydrogen) atoms. The van der Waals surface area contributed by atoms with Crippen molar-refractivity contribution in [1.82, 2.24) is 4.90 Å². The molecule has 2 aliphatic heterocycles. The van der Waals surface area contributed by atoms with Gasteiger partial charge in [0.2, 0.25) is 5.91 Å². The first kappa shape index (κ1) is 20.7. The average molecular weight is 419 g/mol. The summed E-state index contributed by atoms with van der Waals surface area (Å²) in [6.07, 6.45) is 6.93. The highest BCUT2D eigenvalue weighted by molar-refractivity contribution is 5.97. The van der Waals surface area contributed by atoms with Crippen molar-refractivity contribution < 1.29 is 9.90 Å². The number of anilines is 1. The van der Waals surface area contributed by atoms with Crippen LogP contribution in [0.15, 0.2) is 48.5 Å². The van der Waals surface area contributed by atoms with Crippen molar-refractivity contribution >= 4 is 11.6 Å². The Morgan fingerprint density at radius 2 is 1.68 bits per heavy atom. The van der Waals surface area contributed by atoms with Gasteiger partial charge in [-0.25, -0.2) is 0 Å². The van der Waals surface area contributed by atoms with Crippen LogP contribution in [-0.4, -0.2) is 42.6 Å². The second-order valence-corrected chi connectivity index (χ2v) is 9.89. The molecule has 4 nitrogen and oxygen atoms in total. The number of piperidine rings is 1. The van der Waals surface area contributed by atoms with Gasteiger partial charge in [-0.05, 0) is 99.8 Å². The van der Waals surface area contributed by atoms with Crippen molar-refractivity contribution in [3.8, 4) is 0 Å². The van der Waals surface area contributed by atoms with Gasteiger partial charge in [0.15, 0.2) is 0 Å². The third kappa shape index (κ3) is 4.04. The predicted molar refractivity (Wildman–Crippen MR) is 124 cm³/mol. The van der Waals surface area contributed by atoms with Gasteiger partial charge in [-0.15, -0.1) is 0 Å². The Balaban J connectivity index is 1.28. The van der Waals surface area contributed by atoms with Crippen LogP contribution in [0, 0.1) is 5.92 Å². The molecule has 1 unspecified atom stereocenters. The first-order valence-electron chi connectivity index (χ1n) is 11.9. The van der Waals surface area contributed by atoms with Crippen LogP contribution in [0.5, 0.6) is 0 Å². The standard InChI is InChI=1S/C27H34N2O2/c1-28-16-11-20(12-17-28)25-6-3-2-5-21(25)19-22-13-18-29(26(22)30)24-9-7-23(8-10-24)27(31)14-4-15-27/h2-3,5-10,20,22,31H,4,11-19H2,1H3. The maximum Gasteiger partial charge on any atom is 0.230 e. The highest BCUT2D eigenvalue weighted by atomic mass is 16.3. The molecule has 0 spiro atoms. The summed E-state index contributed by atoms with van der Waals surface area (Å²) in [5.41, 5.74) is 4.12. The molecule has 1 N–H and O–H groups in total. The molecule has 164 valence electrons. The van der Waals surface area contributed by atoms with E-state index in [0.29, 0.717) is 5.92 Å². The number of hydrogen-bond donors (Lipinski definition) is 1. The lowest BCUT2D eigenvalue weighted by Gasteiger charge is -2.37. The molecule has 2 aromatic carbocycles. The maximum absolute atomic E-state index is 13.3. The fraction of sp³-hybridized carbons (Fsp3) is 0.519. The van der Waals surface area contributed by atoms with E-state index >= 15 is 0 Å². The minimum absolute atomic E-state index is 0.0582. The minimum Gasteiger partial charge on any atom is -0.385 e. The summed E-state index contributed by atoms with van der Waals surface area (Å²) in [5.74, 6) is 0.918. The summed E-state index contributed by atoms with van der Waals surface area (Å²) in [6.45, 7) is 3.09. The van der Waals surface area contributed by atoms with E-state index in [0.717, 1.165) is 63.0 Å². The quantitative estimate of drug-likeness (QED) is 0.780. The smallest absolute Gasteiger partial charge is 0.230 e. The molecule has 2 aromatic rings. The molecule has 1 atom stereocenters. The second-order valence-electron chi connectivity index (χ2n) is 9.89. The van der Waals surface area contributed by atoms with Gasteiger partial charge in [0.05, 0.1) is 5.60 Å². The lowest BCUT2D eigenvalue weighted by atomic mass is 9.75. The number of nitrogens with zero attached hydrogens (tertiary/aromatic N) is 2. The topological polar surface area (TPSA) is 43.8 Å². The van der Waals surface area contributed by atoms with E-state index < -0.39 is 5.60 Å². The maximum atomic E-state index is 13.3. The minimum atomic E-state index is -0.645. The number of aliphatic hydroxyl groups is 1. The molecule has 3 aliphatic rings. The van der Waals surface area contributed by atoms with Gasteiger partial charge < -0.3 is 14.9 Å². The van der Waals surface area contributed by atoms with Crippen LogP contribution in [0.3, 0.4) is 0 Å². The van der Waals surface area contributed by atoms with Crippen molar-refractivity contribution in [3.05, 3.63) is 65.2 Å². The molecule has 5 rings (SSSR count). The lowest BCUT2D eigenvalue weighted by molar-refractivity contribution is -0.120. The molecule has 4 heteroatoms. The SMILES string of the molecule is CN1CCC(c2ccccc2CC2CCN(c3ccc(C4(O)CCC4)cc3)C2=O)CC1. The summed E-state index contributed by atoms with van der Waals surface area (Å²) in [7, 11) is 2.20. The number of hydrogen-bond acceptors (Lipinski definition) is 3. The van der Waals surface area contributed by atoms with E-state index in [1.165, 1.54) is 24.0 Å². The van der Waals surface area contributed by atoms with Gasteiger partial charge in [0, 0.05) is 18.2 Å². The van der Waals surface area contributed by atoms with Crippen molar-refractivity contribution in [2.75, 3.05) is 31.6 Å². The van der Waals surface area contributed by atoms with E-state index in [-0.39, 0.29) is 11.8 Å². The molecule has 0 radical (unpaired) electrons. The highest BCUT2D eigenvalue weighted by Gasteiger charge is 2.37. The molecule has 2 saturated heterocycles. The molecule has 3 fully saturated rings. The van der Waals surface area contributed by atoms with E-state index in [1.807, 2.05) is 29.2 Å². The van der Waals surface area contributed by atoms with Crippen molar-refractivity contribution in [3.63, 3.8) is 0 Å². The van der Waals surface area contributed by atoms with E-state index in [2.05, 4.69) is 36.2 Å². The first-order valence-corrected chi connectivity index (χ1v) is 11.9. The van der Waals surface area contributed by atoms with Gasteiger partial charge in [-0.1, -0.05) is 36.4 Å². The summed E-state index contributed by atoms with van der Waals surface area (Å²) in [4.78, 5) is 17.6. The van der Waals surface area contributed by atoms with Crippen molar-refractivity contribution in [1.29, 1.82) is 0 Å². The Morgan fingerprint density at radius 3 is 2.35 bits per heavy atom. The van der Waals surface area contributed by atoms with Crippen LogP contribution in [0.25, 0.3) is 0 Å². The fourth-order valence-corrected chi connectivity index (χ4v) is 5.64. The molecular formula is C27H34N2O2. The van der Waals surface area contributed by atoms with Gasteiger partial charge in [-0.2, -0.15) is 0 Å². The first-order chi connectivity index (χ1) is 15.0. The average Bonchev–Trinajstić information content (AvgIpc) is 3.13. The molecule has 1 amide bonds. The third-order valence-corrected chi connectivity index (χ3v) is 7.89. The Kier molecular flexibility index (Phi) is 5.61. The van der Waals surface area contributed by atoms with E-state index in [4.69, 9.17) is 0 Å². The number of benzene rings is 2. The third-order valence-electron chi connectivity index (χ3n) is 7.89. The Labute approximate surface area is 185 Å². The molecule has 0 bridgehead atoms. The van der Waals surface area contributed by atoms with Crippen LogP contribution in [-0.2, 0) is 16.8 Å². The fourth-order valence-electron chi connectivity index (χ4n) is 5.64. The molecule has 1 saturated carbocycles. The normalized spacial score (nSPS) is 24.4. The van der Waals surface area contributed by atoms with Crippen molar-refractivity contribution in [2.24, 2.45) is 5.92 Å². The van der Waals surface area contributed by atoms with Gasteiger partial charge in [0.1, 0.15) is 0 Å². The molecule has 1 aliphatic carbocycles. The van der Waals surface area contributed by atoms with E-state index in [9.17, 15) is 9.90 Å². The van der Waals surface area contributed by atoms with Crippen LogP contribution in [0.2, 0.25) is 0 Å². The largest absolute Gasteiger partial charge is 0.385 e. The molecule has 0 aromatic heterocycles. The number of amides is 1. The highest BCUT2D eigenvalue weighted by Crippen LogP contribution is 2.41. The Bertz CT molecular complexity index is 927. The zero-order chi connectivity index (χ0) is 21.4. The predicted octanol–water partition coefficient (Wildman–Crippen LogP) is 4.46.